The molecule has 0 aromatic heterocycles. The summed E-state index contributed by atoms with van der Waals surface area (Å²) >= 11 is 5.99. The molecule has 2 nitrogen and oxygen atoms in total. The molecule has 2 fully saturated rings. The summed E-state index contributed by atoms with van der Waals surface area (Å²) in [5, 5.41) is 4.23. The van der Waals surface area contributed by atoms with Crippen LogP contribution in [0.25, 0.3) is 0 Å². The number of nitrogens with one attached hydrogen (secondary N) is 1. The molecule has 0 bridgehead atoms. The molecule has 3 rings (SSSR count). The van der Waals surface area contributed by atoms with Crippen LogP contribution in [0.1, 0.15) is 24.8 Å². The zero-order valence-electron chi connectivity index (χ0n) is 10.8. The van der Waals surface area contributed by atoms with Gasteiger partial charge in [-0.15, -0.1) is 0 Å². The van der Waals surface area contributed by atoms with Gasteiger partial charge in [-0.2, -0.15) is 0 Å². The lowest BCUT2D eigenvalue weighted by Crippen LogP contribution is -2.31. The molecule has 1 saturated carbocycles. The molecule has 1 aromatic carbocycles. The van der Waals surface area contributed by atoms with Crippen LogP contribution in [0.4, 0.5) is 0 Å². The fourth-order valence-corrected chi connectivity index (χ4v) is 3.08. The summed E-state index contributed by atoms with van der Waals surface area (Å²) in [6, 6.07) is 5.91. The van der Waals surface area contributed by atoms with Gasteiger partial charge in [0, 0.05) is 17.5 Å². The Balaban J connectivity index is 1.75. The van der Waals surface area contributed by atoms with Gasteiger partial charge in [0.15, 0.2) is 0 Å². The van der Waals surface area contributed by atoms with Gasteiger partial charge in [0.2, 0.25) is 0 Å². The van der Waals surface area contributed by atoms with Gasteiger partial charge in [-0.1, -0.05) is 11.6 Å². The topological polar surface area (TPSA) is 21.3 Å². The SMILES string of the molecule is Cc1cc(Cl)ccc1OC(C1CC1)[C@@H]1CCNC1. The Labute approximate surface area is 114 Å². The van der Waals surface area contributed by atoms with Gasteiger partial charge in [0.25, 0.3) is 0 Å². The van der Waals surface area contributed by atoms with Gasteiger partial charge < -0.3 is 10.1 Å². The second-order valence-electron chi connectivity index (χ2n) is 5.58. The Morgan fingerprint density at radius 3 is 2.72 bits per heavy atom. The van der Waals surface area contributed by atoms with E-state index in [2.05, 4.69) is 12.2 Å². The van der Waals surface area contributed by atoms with E-state index in [9.17, 15) is 0 Å². The van der Waals surface area contributed by atoms with E-state index in [0.717, 1.165) is 35.3 Å². The lowest BCUT2D eigenvalue weighted by molar-refractivity contribution is 0.120. The maximum atomic E-state index is 6.31. The van der Waals surface area contributed by atoms with Crippen molar-refractivity contribution in [1.82, 2.24) is 5.32 Å². The monoisotopic (exact) mass is 265 g/mol. The number of halogens is 1. The lowest BCUT2D eigenvalue weighted by atomic mass is 9.97. The molecular weight excluding hydrogens is 246 g/mol. The standard InChI is InChI=1S/C15H20ClNO/c1-10-8-13(16)4-5-14(10)18-15(11-2-3-11)12-6-7-17-9-12/h4-5,8,11-12,15,17H,2-3,6-7,9H2,1H3/t12-,15?/m1/s1. The van der Waals surface area contributed by atoms with Crippen molar-refractivity contribution in [1.29, 1.82) is 0 Å². The van der Waals surface area contributed by atoms with Crippen LogP contribution in [0.15, 0.2) is 18.2 Å². The van der Waals surface area contributed by atoms with E-state index in [-0.39, 0.29) is 0 Å². The Bertz CT molecular complexity index is 425. The molecule has 1 aliphatic heterocycles. The largest absolute Gasteiger partial charge is 0.490 e. The van der Waals surface area contributed by atoms with Crippen molar-refractivity contribution < 1.29 is 4.74 Å². The molecule has 98 valence electrons. The second-order valence-corrected chi connectivity index (χ2v) is 6.02. The summed E-state index contributed by atoms with van der Waals surface area (Å²) in [5.41, 5.74) is 1.14. The quantitative estimate of drug-likeness (QED) is 0.901. The third-order valence-electron chi connectivity index (χ3n) is 4.05. The molecule has 1 saturated heterocycles. The summed E-state index contributed by atoms with van der Waals surface area (Å²) < 4.78 is 6.31. The van der Waals surface area contributed by atoms with Crippen LogP contribution in [0, 0.1) is 18.8 Å². The highest BCUT2D eigenvalue weighted by Gasteiger charge is 2.39. The van der Waals surface area contributed by atoms with Gasteiger partial charge in [-0.25, -0.2) is 0 Å². The van der Waals surface area contributed by atoms with Crippen LogP contribution in [0.2, 0.25) is 5.02 Å². The second kappa shape index (κ2) is 5.10. The van der Waals surface area contributed by atoms with Crippen molar-refractivity contribution in [2.75, 3.05) is 13.1 Å². The zero-order valence-corrected chi connectivity index (χ0v) is 11.5. The minimum absolute atomic E-state index is 0.389. The number of rotatable bonds is 4. The predicted octanol–water partition coefficient (Wildman–Crippen LogP) is 3.42. The van der Waals surface area contributed by atoms with E-state index in [4.69, 9.17) is 16.3 Å². The van der Waals surface area contributed by atoms with Gasteiger partial charge in [0.05, 0.1) is 0 Å². The van der Waals surface area contributed by atoms with E-state index >= 15 is 0 Å². The highest BCUT2D eigenvalue weighted by Crippen LogP contribution is 2.40. The fourth-order valence-electron chi connectivity index (χ4n) is 2.85. The highest BCUT2D eigenvalue weighted by atomic mass is 35.5. The first-order valence-electron chi connectivity index (χ1n) is 6.87. The smallest absolute Gasteiger partial charge is 0.122 e. The Morgan fingerprint density at radius 2 is 2.11 bits per heavy atom. The predicted molar refractivity (Wildman–Crippen MR) is 74.3 cm³/mol. The van der Waals surface area contributed by atoms with Crippen LogP contribution in [0.3, 0.4) is 0 Å². The molecule has 1 heterocycles. The first-order valence-corrected chi connectivity index (χ1v) is 7.25. The van der Waals surface area contributed by atoms with Crippen LogP contribution >= 0.6 is 11.6 Å². The number of benzene rings is 1. The molecule has 1 N–H and O–H groups in total. The summed E-state index contributed by atoms with van der Waals surface area (Å²) in [6.07, 6.45) is 4.29. The van der Waals surface area contributed by atoms with Crippen LogP contribution in [0.5, 0.6) is 5.75 Å². The number of hydrogen-bond acceptors (Lipinski definition) is 2. The van der Waals surface area contributed by atoms with E-state index in [1.54, 1.807) is 0 Å². The summed E-state index contributed by atoms with van der Waals surface area (Å²) in [6.45, 7) is 4.31. The Morgan fingerprint density at radius 1 is 1.28 bits per heavy atom. The van der Waals surface area contributed by atoms with Crippen molar-refractivity contribution in [3.05, 3.63) is 28.8 Å². The Hall–Kier alpha value is -0.730. The van der Waals surface area contributed by atoms with Gasteiger partial charge in [-0.05, 0) is 62.4 Å². The fraction of sp³-hybridized carbons (Fsp3) is 0.600. The van der Waals surface area contributed by atoms with Crippen molar-refractivity contribution in [2.45, 2.75) is 32.3 Å². The molecule has 1 unspecified atom stereocenters. The van der Waals surface area contributed by atoms with E-state index < -0.39 is 0 Å². The van der Waals surface area contributed by atoms with E-state index in [0.29, 0.717) is 12.0 Å². The molecule has 0 radical (unpaired) electrons. The van der Waals surface area contributed by atoms with Gasteiger partial charge in [0.1, 0.15) is 11.9 Å². The average Bonchev–Trinajstić information content (AvgIpc) is 3.03. The summed E-state index contributed by atoms with van der Waals surface area (Å²) in [5.74, 6) is 2.45. The first-order chi connectivity index (χ1) is 8.74. The van der Waals surface area contributed by atoms with Crippen LogP contribution in [-0.4, -0.2) is 19.2 Å². The van der Waals surface area contributed by atoms with Gasteiger partial charge in [-0.3, -0.25) is 0 Å². The van der Waals surface area contributed by atoms with Crippen molar-refractivity contribution >= 4 is 11.6 Å². The molecular formula is C15H20ClNO. The molecule has 2 atom stereocenters. The number of hydrogen-bond donors (Lipinski definition) is 1. The third-order valence-corrected chi connectivity index (χ3v) is 4.28. The van der Waals surface area contributed by atoms with Crippen LogP contribution in [-0.2, 0) is 0 Å². The molecule has 1 aliphatic carbocycles. The molecule has 2 aliphatic rings. The van der Waals surface area contributed by atoms with Crippen molar-refractivity contribution in [3.63, 3.8) is 0 Å². The molecule has 3 heteroatoms. The molecule has 1 aromatic rings. The Kier molecular flexibility index (Phi) is 3.49. The van der Waals surface area contributed by atoms with E-state index in [1.807, 2.05) is 18.2 Å². The lowest BCUT2D eigenvalue weighted by Gasteiger charge is -2.25. The molecule has 18 heavy (non-hydrogen) atoms. The summed E-state index contributed by atoms with van der Waals surface area (Å²) in [7, 11) is 0. The van der Waals surface area contributed by atoms with Crippen LogP contribution < -0.4 is 10.1 Å². The van der Waals surface area contributed by atoms with E-state index in [1.165, 1.54) is 19.3 Å². The van der Waals surface area contributed by atoms with Crippen molar-refractivity contribution in [3.8, 4) is 5.75 Å². The number of ether oxygens (including phenoxy) is 1. The third kappa shape index (κ3) is 2.65. The van der Waals surface area contributed by atoms with Crippen molar-refractivity contribution in [2.24, 2.45) is 11.8 Å². The first kappa shape index (κ1) is 12.3. The maximum Gasteiger partial charge on any atom is 0.122 e. The minimum Gasteiger partial charge on any atom is -0.490 e. The normalized spacial score (nSPS) is 25.1. The molecule has 0 amide bonds. The van der Waals surface area contributed by atoms with Gasteiger partial charge >= 0.3 is 0 Å². The minimum atomic E-state index is 0.389. The average molecular weight is 266 g/mol. The zero-order chi connectivity index (χ0) is 12.5. The number of aryl methyl sites for hydroxylation is 1. The molecule has 0 spiro atoms. The maximum absolute atomic E-state index is 6.31. The highest BCUT2D eigenvalue weighted by molar-refractivity contribution is 6.30. The summed E-state index contributed by atoms with van der Waals surface area (Å²) in [4.78, 5) is 0.